The number of alkyl halides is 1. The summed E-state index contributed by atoms with van der Waals surface area (Å²) in [5.41, 5.74) is 0. The van der Waals surface area contributed by atoms with Crippen LogP contribution in [0.15, 0.2) is 0 Å². The predicted octanol–water partition coefficient (Wildman–Crippen LogP) is 4.52. The fraction of sp³-hybridized carbons (Fsp3) is 1.00. The first-order valence-corrected chi connectivity index (χ1v) is 6.97. The summed E-state index contributed by atoms with van der Waals surface area (Å²) in [6.45, 7) is 4.31. The second-order valence-electron chi connectivity index (χ2n) is 4.79. The second-order valence-corrected chi connectivity index (χ2v) is 5.53. The van der Waals surface area contributed by atoms with E-state index in [1.807, 2.05) is 6.92 Å². The lowest BCUT2D eigenvalue weighted by molar-refractivity contribution is 0.351. The first-order valence-electron chi connectivity index (χ1n) is 6.53. The van der Waals surface area contributed by atoms with Crippen LogP contribution in [0.2, 0.25) is 0 Å². The van der Waals surface area contributed by atoms with E-state index < -0.39 is 0 Å². The van der Waals surface area contributed by atoms with E-state index in [1.54, 1.807) is 0 Å². The van der Waals surface area contributed by atoms with Crippen LogP contribution in [0.4, 0.5) is 0 Å². The Kier molecular flexibility index (Phi) is 6.67. The molecule has 0 aromatic heterocycles. The Morgan fingerprint density at radius 1 is 1.07 bits per heavy atom. The molecule has 0 aliphatic carbocycles. The van der Waals surface area contributed by atoms with Crippen molar-refractivity contribution in [3.05, 3.63) is 0 Å². The molecule has 1 rings (SSSR count). The molecule has 0 saturated carbocycles. The van der Waals surface area contributed by atoms with Gasteiger partial charge in [0, 0.05) is 5.38 Å². The van der Waals surface area contributed by atoms with Crippen LogP contribution in [0.5, 0.6) is 0 Å². The number of halogens is 1. The van der Waals surface area contributed by atoms with Crippen molar-refractivity contribution in [2.75, 3.05) is 0 Å². The molecular formula is C13H25ClO. The van der Waals surface area contributed by atoms with Gasteiger partial charge in [0.05, 0.1) is 12.2 Å². The van der Waals surface area contributed by atoms with Crippen LogP contribution in [0.1, 0.15) is 65.2 Å². The molecule has 0 radical (unpaired) electrons. The van der Waals surface area contributed by atoms with Gasteiger partial charge in [0.2, 0.25) is 0 Å². The van der Waals surface area contributed by atoms with Gasteiger partial charge in [0.1, 0.15) is 0 Å². The number of epoxide rings is 1. The molecule has 0 N–H and O–H groups in total. The zero-order valence-corrected chi connectivity index (χ0v) is 10.9. The smallest absolute Gasteiger partial charge is 0.0855 e. The zero-order chi connectivity index (χ0) is 11.1. The van der Waals surface area contributed by atoms with Crippen molar-refractivity contribution in [1.29, 1.82) is 0 Å². The highest BCUT2D eigenvalue weighted by Gasteiger charge is 2.38. The van der Waals surface area contributed by atoms with E-state index in [0.29, 0.717) is 12.2 Å². The SMILES string of the molecule is CCCCCCCC[C@H]1O[C@H]1C[C@@H](C)Cl. The predicted molar refractivity (Wildman–Crippen MR) is 66.6 cm³/mol. The summed E-state index contributed by atoms with van der Waals surface area (Å²) in [6, 6.07) is 0. The van der Waals surface area contributed by atoms with Gasteiger partial charge in [-0.05, 0) is 19.8 Å². The van der Waals surface area contributed by atoms with Crippen molar-refractivity contribution in [1.82, 2.24) is 0 Å². The molecule has 15 heavy (non-hydrogen) atoms. The molecule has 0 bridgehead atoms. The highest BCUT2D eigenvalue weighted by atomic mass is 35.5. The zero-order valence-electron chi connectivity index (χ0n) is 10.2. The lowest BCUT2D eigenvalue weighted by Gasteiger charge is -1.99. The maximum atomic E-state index is 5.92. The van der Waals surface area contributed by atoms with Crippen LogP contribution in [0.25, 0.3) is 0 Å². The van der Waals surface area contributed by atoms with E-state index in [4.69, 9.17) is 16.3 Å². The molecule has 1 nitrogen and oxygen atoms in total. The van der Waals surface area contributed by atoms with E-state index in [2.05, 4.69) is 6.92 Å². The number of rotatable bonds is 9. The summed E-state index contributed by atoms with van der Waals surface area (Å²) >= 11 is 5.92. The third kappa shape index (κ3) is 6.42. The van der Waals surface area contributed by atoms with E-state index in [1.165, 1.54) is 44.9 Å². The van der Waals surface area contributed by atoms with E-state index in [9.17, 15) is 0 Å². The van der Waals surface area contributed by atoms with Crippen molar-refractivity contribution < 1.29 is 4.74 Å². The molecular weight excluding hydrogens is 208 g/mol. The second kappa shape index (κ2) is 7.51. The minimum Gasteiger partial charge on any atom is -0.370 e. The first-order chi connectivity index (χ1) is 7.24. The molecule has 3 atom stereocenters. The summed E-state index contributed by atoms with van der Waals surface area (Å²) in [4.78, 5) is 0. The standard InChI is InChI=1S/C13H25ClO/c1-3-4-5-6-7-8-9-12-13(15-12)10-11(2)14/h11-13H,3-10H2,1-2H3/t11-,12-,13+/m1/s1. The lowest BCUT2D eigenvalue weighted by Crippen LogP contribution is -2.01. The Labute approximate surface area is 99.5 Å². The Morgan fingerprint density at radius 3 is 2.40 bits per heavy atom. The third-order valence-electron chi connectivity index (χ3n) is 3.09. The molecule has 0 aromatic rings. The minimum atomic E-state index is 0.268. The average Bonchev–Trinajstić information content (AvgIpc) is 2.89. The molecule has 90 valence electrons. The fourth-order valence-corrected chi connectivity index (χ4v) is 2.26. The molecule has 0 amide bonds. The molecule has 1 aliphatic rings. The van der Waals surface area contributed by atoms with Crippen LogP contribution < -0.4 is 0 Å². The van der Waals surface area contributed by atoms with Crippen LogP contribution in [-0.2, 0) is 4.74 Å². The van der Waals surface area contributed by atoms with E-state index in [0.717, 1.165) is 6.42 Å². The molecule has 0 aromatic carbocycles. The van der Waals surface area contributed by atoms with Gasteiger partial charge in [-0.2, -0.15) is 0 Å². The van der Waals surface area contributed by atoms with Crippen LogP contribution >= 0.6 is 11.6 Å². The highest BCUT2D eigenvalue weighted by Crippen LogP contribution is 2.32. The Hall–Kier alpha value is 0.250. The largest absolute Gasteiger partial charge is 0.370 e. The maximum Gasteiger partial charge on any atom is 0.0855 e. The number of hydrogen-bond donors (Lipinski definition) is 0. The average molecular weight is 233 g/mol. The van der Waals surface area contributed by atoms with Crippen LogP contribution in [-0.4, -0.2) is 17.6 Å². The monoisotopic (exact) mass is 232 g/mol. The van der Waals surface area contributed by atoms with Gasteiger partial charge in [-0.25, -0.2) is 0 Å². The van der Waals surface area contributed by atoms with Crippen LogP contribution in [0.3, 0.4) is 0 Å². The van der Waals surface area contributed by atoms with Crippen molar-refractivity contribution in [2.24, 2.45) is 0 Å². The third-order valence-corrected chi connectivity index (χ3v) is 3.27. The number of hydrogen-bond acceptors (Lipinski definition) is 1. The molecule has 0 spiro atoms. The van der Waals surface area contributed by atoms with Gasteiger partial charge in [-0.15, -0.1) is 11.6 Å². The summed E-state index contributed by atoms with van der Waals surface area (Å²) in [6.07, 6.45) is 11.5. The normalized spacial score (nSPS) is 26.6. The first kappa shape index (κ1) is 13.3. The van der Waals surface area contributed by atoms with Crippen molar-refractivity contribution >= 4 is 11.6 Å². The lowest BCUT2D eigenvalue weighted by atomic mass is 10.1. The van der Waals surface area contributed by atoms with Crippen molar-refractivity contribution in [2.45, 2.75) is 82.8 Å². The summed E-state index contributed by atoms with van der Waals surface area (Å²) < 4.78 is 5.57. The van der Waals surface area contributed by atoms with Gasteiger partial charge in [-0.1, -0.05) is 45.4 Å². The molecule has 1 fully saturated rings. The highest BCUT2D eigenvalue weighted by molar-refractivity contribution is 6.20. The topological polar surface area (TPSA) is 12.5 Å². The van der Waals surface area contributed by atoms with Gasteiger partial charge in [0.15, 0.2) is 0 Å². The Bertz CT molecular complexity index is 159. The molecule has 1 aliphatic heterocycles. The van der Waals surface area contributed by atoms with E-state index >= 15 is 0 Å². The number of ether oxygens (including phenoxy) is 1. The molecule has 1 heterocycles. The summed E-state index contributed by atoms with van der Waals surface area (Å²) in [5.74, 6) is 0. The molecule has 0 unspecified atom stereocenters. The minimum absolute atomic E-state index is 0.268. The Balaban J connectivity index is 1.82. The van der Waals surface area contributed by atoms with Crippen LogP contribution in [0, 0.1) is 0 Å². The van der Waals surface area contributed by atoms with Gasteiger partial charge >= 0.3 is 0 Å². The maximum absolute atomic E-state index is 5.92. The van der Waals surface area contributed by atoms with E-state index in [-0.39, 0.29) is 5.38 Å². The van der Waals surface area contributed by atoms with Gasteiger partial charge in [-0.3, -0.25) is 0 Å². The molecule has 1 saturated heterocycles. The summed E-state index contributed by atoms with van der Waals surface area (Å²) in [5, 5.41) is 0.268. The van der Waals surface area contributed by atoms with Gasteiger partial charge < -0.3 is 4.74 Å². The van der Waals surface area contributed by atoms with Crippen molar-refractivity contribution in [3.8, 4) is 0 Å². The van der Waals surface area contributed by atoms with Gasteiger partial charge in [0.25, 0.3) is 0 Å². The number of unbranched alkanes of at least 4 members (excludes halogenated alkanes) is 5. The quantitative estimate of drug-likeness (QED) is 0.324. The molecule has 2 heteroatoms. The van der Waals surface area contributed by atoms with Crippen molar-refractivity contribution in [3.63, 3.8) is 0 Å². The Morgan fingerprint density at radius 2 is 1.73 bits per heavy atom. The fourth-order valence-electron chi connectivity index (χ4n) is 2.09. The summed E-state index contributed by atoms with van der Waals surface area (Å²) in [7, 11) is 0.